The Bertz CT molecular complexity index is 1210. The summed E-state index contributed by atoms with van der Waals surface area (Å²) in [5, 5.41) is 16.6. The Balaban J connectivity index is 0.00000195. The number of pyridine rings is 2. The van der Waals surface area contributed by atoms with Crippen molar-refractivity contribution in [2.75, 3.05) is 36.4 Å². The van der Waals surface area contributed by atoms with Gasteiger partial charge in [-0.15, -0.1) is 0 Å². The minimum atomic E-state index is -4.57. The molecule has 4 rings (SSSR count). The zero-order chi connectivity index (χ0) is 27.5. The molecule has 1 aliphatic heterocycles. The van der Waals surface area contributed by atoms with E-state index in [0.29, 0.717) is 54.5 Å². The van der Waals surface area contributed by atoms with Crippen LogP contribution >= 0.6 is 11.9 Å². The number of nitrogens with one attached hydrogen (secondary N) is 1. The highest BCUT2D eigenvalue weighted by Gasteiger charge is 2.35. The molecule has 8 nitrogen and oxygen atoms in total. The Labute approximate surface area is 223 Å². The number of hydrogen-bond donors (Lipinski definition) is 3. The molecule has 204 valence electrons. The molecule has 12 heteroatoms. The van der Waals surface area contributed by atoms with Gasteiger partial charge in [0, 0.05) is 50.7 Å². The molecule has 0 fully saturated rings. The van der Waals surface area contributed by atoms with E-state index in [4.69, 9.17) is 14.9 Å². The van der Waals surface area contributed by atoms with Gasteiger partial charge in [0.15, 0.2) is 0 Å². The number of nitrogens with zero attached hydrogens (tertiary/aromatic N) is 3. The number of carbonyl (C=O) groups is 1. The van der Waals surface area contributed by atoms with Crippen molar-refractivity contribution in [2.45, 2.75) is 37.1 Å². The predicted octanol–water partition coefficient (Wildman–Crippen LogP) is 5.48. The van der Waals surface area contributed by atoms with Crippen LogP contribution in [-0.2, 0) is 22.3 Å². The van der Waals surface area contributed by atoms with Crippen LogP contribution in [0.1, 0.15) is 30.4 Å². The van der Waals surface area contributed by atoms with Gasteiger partial charge in [0.25, 0.3) is 0 Å². The quantitative estimate of drug-likeness (QED) is 0.364. The molecule has 3 heterocycles. The molecule has 0 spiro atoms. The predicted molar refractivity (Wildman–Crippen MR) is 140 cm³/mol. The number of halogens is 3. The van der Waals surface area contributed by atoms with Gasteiger partial charge in [-0.3, -0.25) is 4.79 Å². The summed E-state index contributed by atoms with van der Waals surface area (Å²) in [7, 11) is 1.00. The molecule has 0 radical (unpaired) electrons. The maximum absolute atomic E-state index is 13.8. The van der Waals surface area contributed by atoms with Crippen molar-refractivity contribution in [2.24, 2.45) is 0 Å². The van der Waals surface area contributed by atoms with Gasteiger partial charge in [-0.2, -0.15) is 13.2 Å². The summed E-state index contributed by atoms with van der Waals surface area (Å²) in [6.45, 7) is 1.62. The number of alkyl halides is 3. The fourth-order valence-corrected chi connectivity index (χ4v) is 4.48. The zero-order valence-corrected chi connectivity index (χ0v) is 21.6. The molecule has 0 saturated carbocycles. The Hall–Kier alpha value is -3.35. The number of fused-ring (bicyclic) bond motifs is 6. The number of ether oxygens (including phenoxy) is 1. The van der Waals surface area contributed by atoms with E-state index in [0.717, 1.165) is 25.1 Å². The first-order valence-corrected chi connectivity index (χ1v) is 12.7. The van der Waals surface area contributed by atoms with E-state index in [1.165, 1.54) is 6.07 Å². The second-order valence-electron chi connectivity index (χ2n) is 8.18. The van der Waals surface area contributed by atoms with E-state index in [2.05, 4.69) is 14.7 Å². The molecule has 0 amide bonds. The smallest absolute Gasteiger partial charge is 0.418 e. The highest BCUT2D eigenvalue weighted by atomic mass is 32.2. The molecule has 0 saturated heterocycles. The third-order valence-electron chi connectivity index (χ3n) is 5.56. The van der Waals surface area contributed by atoms with Crippen molar-refractivity contribution in [3.63, 3.8) is 0 Å². The van der Waals surface area contributed by atoms with Crippen LogP contribution in [0.3, 0.4) is 0 Å². The van der Waals surface area contributed by atoms with Crippen LogP contribution in [0.4, 0.5) is 24.8 Å². The second-order valence-corrected chi connectivity index (χ2v) is 9.00. The summed E-state index contributed by atoms with van der Waals surface area (Å²) < 4.78 is 50.3. The summed E-state index contributed by atoms with van der Waals surface area (Å²) in [5.41, 5.74) is -0.00645. The maximum Gasteiger partial charge on any atom is 0.418 e. The highest BCUT2D eigenvalue weighted by molar-refractivity contribution is 8.00. The van der Waals surface area contributed by atoms with Crippen molar-refractivity contribution in [3.8, 4) is 11.3 Å². The van der Waals surface area contributed by atoms with Crippen molar-refractivity contribution >= 4 is 29.6 Å². The molecule has 0 aliphatic carbocycles. The fraction of sp³-hybridized carbons (Fsp3) is 0.346. The third kappa shape index (κ3) is 8.07. The topological polar surface area (TPSA) is 108 Å². The standard InChI is InChI=1S/C25H25F3N4O3S.CH4O/c26-25(27,28)19-11-12-20-29-24(19)18-7-2-1-6-17(18)16-35-15-5-14-32(13-4-10-23(33)34)21-8-3-9-22(30-21)36-31-20;1-2/h1-3,6-9,11-12H,4-5,10,13-16H2,(H,29,31)(H,33,34);2H,1H3. The lowest BCUT2D eigenvalue weighted by Gasteiger charge is -2.24. The van der Waals surface area contributed by atoms with Crippen LogP contribution in [0.2, 0.25) is 0 Å². The summed E-state index contributed by atoms with van der Waals surface area (Å²) in [5.74, 6) is 0.0957. The van der Waals surface area contributed by atoms with E-state index < -0.39 is 17.7 Å². The molecule has 1 aliphatic rings. The first kappa shape index (κ1) is 29.2. The Kier molecular flexibility index (Phi) is 10.7. The number of hydrogen-bond acceptors (Lipinski definition) is 8. The van der Waals surface area contributed by atoms with E-state index in [1.807, 2.05) is 17.0 Å². The lowest BCUT2D eigenvalue weighted by atomic mass is 10.00. The number of aliphatic hydroxyl groups excluding tert-OH is 1. The number of aliphatic hydroxyl groups is 1. The Morgan fingerprint density at radius 1 is 1.11 bits per heavy atom. The van der Waals surface area contributed by atoms with Gasteiger partial charge in [-0.25, -0.2) is 9.97 Å². The maximum atomic E-state index is 13.8. The first-order chi connectivity index (χ1) is 18.3. The Morgan fingerprint density at radius 2 is 1.89 bits per heavy atom. The van der Waals surface area contributed by atoms with Crippen LogP contribution in [0.15, 0.2) is 59.6 Å². The van der Waals surface area contributed by atoms with E-state index in [9.17, 15) is 18.0 Å². The van der Waals surface area contributed by atoms with Gasteiger partial charge in [-0.1, -0.05) is 30.3 Å². The molecule has 0 atom stereocenters. The molecule has 0 unspecified atom stereocenters. The summed E-state index contributed by atoms with van der Waals surface area (Å²) in [6, 6.07) is 14.6. The lowest BCUT2D eigenvalue weighted by molar-refractivity contribution is -0.138. The number of rotatable bonds is 4. The second kappa shape index (κ2) is 14.0. The largest absolute Gasteiger partial charge is 0.481 e. The van der Waals surface area contributed by atoms with E-state index in [-0.39, 0.29) is 24.5 Å². The number of aromatic nitrogens is 2. The summed E-state index contributed by atoms with van der Waals surface area (Å²) in [6.07, 6.45) is -3.41. The van der Waals surface area contributed by atoms with Crippen LogP contribution in [0, 0.1) is 0 Å². The number of aliphatic carboxylic acids is 1. The van der Waals surface area contributed by atoms with Crippen molar-refractivity contribution in [3.05, 3.63) is 65.7 Å². The molecule has 4 bridgehead atoms. The highest BCUT2D eigenvalue weighted by Crippen LogP contribution is 2.38. The Morgan fingerprint density at radius 3 is 2.66 bits per heavy atom. The molecular formula is C26H29F3N4O4S. The molecule has 3 N–H and O–H groups in total. The number of benzene rings is 1. The average Bonchev–Trinajstić information content (AvgIpc) is 2.91. The van der Waals surface area contributed by atoms with Crippen molar-refractivity contribution < 1.29 is 32.9 Å². The van der Waals surface area contributed by atoms with Gasteiger partial charge in [0.05, 0.1) is 17.9 Å². The van der Waals surface area contributed by atoms with Crippen molar-refractivity contribution in [1.82, 2.24) is 9.97 Å². The first-order valence-electron chi connectivity index (χ1n) is 11.9. The SMILES string of the molecule is CO.O=C(O)CCCN1CCCOCc2ccccc2-c2nc(ccc2C(F)(F)F)NSc2cccc1n2. The third-order valence-corrected chi connectivity index (χ3v) is 6.31. The van der Waals surface area contributed by atoms with Crippen LogP contribution in [-0.4, -0.2) is 53.0 Å². The molecule has 1 aromatic carbocycles. The zero-order valence-electron chi connectivity index (χ0n) is 20.7. The van der Waals surface area contributed by atoms with Gasteiger partial charge >= 0.3 is 12.1 Å². The minimum absolute atomic E-state index is 0.0572. The minimum Gasteiger partial charge on any atom is -0.481 e. The molecule has 3 aromatic rings. The van der Waals surface area contributed by atoms with Gasteiger partial charge in [-0.05, 0) is 42.7 Å². The van der Waals surface area contributed by atoms with E-state index in [1.54, 1.807) is 30.3 Å². The monoisotopic (exact) mass is 550 g/mol. The number of carboxylic acids is 1. The van der Waals surface area contributed by atoms with E-state index >= 15 is 0 Å². The van der Waals surface area contributed by atoms with Crippen LogP contribution in [0.5, 0.6) is 0 Å². The molecule has 38 heavy (non-hydrogen) atoms. The van der Waals surface area contributed by atoms with Gasteiger partial charge < -0.3 is 24.6 Å². The average molecular weight is 551 g/mol. The lowest BCUT2D eigenvalue weighted by Crippen LogP contribution is -2.28. The number of carboxylic acid groups (broad SMARTS) is 1. The fourth-order valence-electron chi connectivity index (χ4n) is 3.87. The number of anilines is 2. The molecular weight excluding hydrogens is 521 g/mol. The van der Waals surface area contributed by atoms with Gasteiger partial charge in [0.1, 0.15) is 16.7 Å². The summed E-state index contributed by atoms with van der Waals surface area (Å²) in [4.78, 5) is 22.0. The molecule has 2 aromatic heterocycles. The summed E-state index contributed by atoms with van der Waals surface area (Å²) >= 11 is 1.14. The van der Waals surface area contributed by atoms with Gasteiger partial charge in [0.2, 0.25) is 0 Å². The normalized spacial score (nSPS) is 14.0. The van der Waals surface area contributed by atoms with Crippen LogP contribution in [0.25, 0.3) is 11.3 Å². The van der Waals surface area contributed by atoms with Crippen molar-refractivity contribution in [1.29, 1.82) is 0 Å². The van der Waals surface area contributed by atoms with Crippen LogP contribution < -0.4 is 9.62 Å².